The van der Waals surface area contributed by atoms with Gasteiger partial charge in [-0.05, 0) is 110 Å². The van der Waals surface area contributed by atoms with Gasteiger partial charge in [-0.3, -0.25) is 0 Å². The van der Waals surface area contributed by atoms with Crippen molar-refractivity contribution < 1.29 is 4.58 Å². The Morgan fingerprint density at radius 2 is 1.24 bits per heavy atom. The summed E-state index contributed by atoms with van der Waals surface area (Å²) in [7, 11) is 12.7. The third-order valence-corrected chi connectivity index (χ3v) is 7.94. The highest BCUT2D eigenvalue weighted by molar-refractivity contribution is 6.04. The smallest absolute Gasteiger partial charge is 0.199 e. The Bertz CT molecular complexity index is 1460. The van der Waals surface area contributed by atoms with Crippen molar-refractivity contribution >= 4 is 28.3 Å². The number of hydrogen-bond acceptors (Lipinski definition) is 3. The molecule has 0 unspecified atom stereocenters. The number of allylic oxidation sites excluding steroid dienone is 5. The second kappa shape index (κ2) is 19.6. The molecule has 0 radical (unpaired) electrons. The van der Waals surface area contributed by atoms with Gasteiger partial charge in [0.2, 0.25) is 0 Å². The van der Waals surface area contributed by atoms with Crippen LogP contribution in [0.4, 0.5) is 17.1 Å². The van der Waals surface area contributed by atoms with Crippen LogP contribution in [-0.4, -0.2) is 70.6 Å². The van der Waals surface area contributed by atoms with Crippen molar-refractivity contribution in [1.82, 2.24) is 4.90 Å². The van der Waals surface area contributed by atoms with Crippen molar-refractivity contribution in [2.75, 3.05) is 65.2 Å². The first kappa shape index (κ1) is 38.3. The number of para-hydroxylation sites is 1. The first-order valence-electron chi connectivity index (χ1n) is 17.4. The van der Waals surface area contributed by atoms with E-state index in [0.29, 0.717) is 0 Å². The zero-order valence-electron chi connectivity index (χ0n) is 31.0. The van der Waals surface area contributed by atoms with Gasteiger partial charge in [-0.15, -0.1) is 0 Å². The van der Waals surface area contributed by atoms with Crippen LogP contribution in [0.25, 0.3) is 5.57 Å². The molecule has 0 bridgehead atoms. The SMILES string of the molecule is CC.CC.CC.CN(C)CCCN1c2ccccc2CCc2ccc(C(=C3C=CC(=[N+](C)C)C=C3)c3ccc(N(C)C)cc3)cc21. The Morgan fingerprint density at radius 3 is 1.80 bits per heavy atom. The normalized spacial score (nSPS) is 12.8. The highest BCUT2D eigenvalue weighted by Gasteiger charge is 2.22. The molecule has 4 nitrogen and oxygen atoms in total. The van der Waals surface area contributed by atoms with Gasteiger partial charge in [-0.25, -0.2) is 4.58 Å². The zero-order valence-corrected chi connectivity index (χ0v) is 31.0. The number of aryl methyl sites for hydroxylation is 2. The first-order valence-corrected chi connectivity index (χ1v) is 17.4. The summed E-state index contributed by atoms with van der Waals surface area (Å²) < 4.78 is 2.15. The highest BCUT2D eigenvalue weighted by Crippen LogP contribution is 2.40. The van der Waals surface area contributed by atoms with E-state index in [1.807, 2.05) is 41.5 Å². The summed E-state index contributed by atoms with van der Waals surface area (Å²) >= 11 is 0. The van der Waals surface area contributed by atoms with Crippen molar-refractivity contribution in [3.8, 4) is 0 Å². The Morgan fingerprint density at radius 1 is 0.674 bits per heavy atom. The van der Waals surface area contributed by atoms with E-state index < -0.39 is 0 Å². The van der Waals surface area contributed by atoms with Crippen molar-refractivity contribution in [1.29, 1.82) is 0 Å². The summed E-state index contributed by atoms with van der Waals surface area (Å²) in [4.78, 5) is 7.01. The van der Waals surface area contributed by atoms with Crippen molar-refractivity contribution in [3.05, 3.63) is 119 Å². The maximum atomic E-state index is 2.58. The predicted octanol–water partition coefficient (Wildman–Crippen LogP) is 9.66. The lowest BCUT2D eigenvalue weighted by Gasteiger charge is -2.28. The topological polar surface area (TPSA) is 12.7 Å². The Kier molecular flexibility index (Phi) is 16.3. The van der Waals surface area contributed by atoms with Crippen molar-refractivity contribution in [3.63, 3.8) is 0 Å². The molecule has 3 aromatic rings. The number of benzene rings is 3. The van der Waals surface area contributed by atoms with Crippen LogP contribution in [0.2, 0.25) is 0 Å². The first-order chi connectivity index (χ1) is 22.3. The summed E-state index contributed by atoms with van der Waals surface area (Å²) in [5.41, 5.74) is 13.0. The molecular formula is C42H61N4+. The fraction of sp³-hybridized carbons (Fsp3) is 0.405. The van der Waals surface area contributed by atoms with Crippen LogP contribution < -0.4 is 9.80 Å². The van der Waals surface area contributed by atoms with Gasteiger partial charge in [0.25, 0.3) is 0 Å². The summed E-state index contributed by atoms with van der Waals surface area (Å²) in [5.74, 6) is 0. The third kappa shape index (κ3) is 9.80. The van der Waals surface area contributed by atoms with Crippen molar-refractivity contribution in [2.24, 2.45) is 0 Å². The lowest BCUT2D eigenvalue weighted by Crippen LogP contribution is -2.24. The quantitative estimate of drug-likeness (QED) is 0.244. The number of rotatable bonds is 7. The van der Waals surface area contributed by atoms with Gasteiger partial charge in [-0.2, -0.15) is 0 Å². The monoisotopic (exact) mass is 621 g/mol. The van der Waals surface area contributed by atoms with Gasteiger partial charge in [0.1, 0.15) is 14.1 Å². The molecule has 1 aliphatic heterocycles. The Labute approximate surface area is 282 Å². The van der Waals surface area contributed by atoms with E-state index in [1.54, 1.807) is 0 Å². The summed E-state index contributed by atoms with van der Waals surface area (Å²) in [6.45, 7) is 14.1. The lowest BCUT2D eigenvalue weighted by molar-refractivity contribution is -0.462. The molecule has 0 amide bonds. The number of fused-ring (bicyclic) bond motifs is 2. The maximum Gasteiger partial charge on any atom is 0.199 e. The lowest BCUT2D eigenvalue weighted by atomic mass is 9.89. The molecule has 248 valence electrons. The molecule has 5 rings (SSSR count). The standard InChI is InChI=1S/C36H43N4.3C2H6/c1-37(2)24-9-25-40-34-11-8-7-10-27(34)12-13-28-14-15-31(26-35(28)40)36(29-16-20-32(21-17-29)38(3)4)30-18-22-33(23-19-30)39(5)6;3*1-2/h7-8,10-11,14-23,26H,9,12-13,24-25H2,1-6H3;3*1-2H3/q+1;;;. The van der Waals surface area contributed by atoms with Crippen LogP contribution >= 0.6 is 0 Å². The summed E-state index contributed by atoms with van der Waals surface area (Å²) in [5, 5.41) is 0. The fourth-order valence-corrected chi connectivity index (χ4v) is 5.71. The molecule has 46 heavy (non-hydrogen) atoms. The number of nitrogens with zero attached hydrogens (tertiary/aromatic N) is 4. The van der Waals surface area contributed by atoms with E-state index in [2.05, 4.69) is 153 Å². The average molecular weight is 622 g/mol. The third-order valence-electron chi connectivity index (χ3n) is 7.94. The van der Waals surface area contributed by atoms with Crippen LogP contribution in [-0.2, 0) is 12.8 Å². The van der Waals surface area contributed by atoms with Gasteiger partial charge < -0.3 is 14.7 Å². The van der Waals surface area contributed by atoms with Gasteiger partial charge in [-0.1, -0.05) is 84.0 Å². The molecule has 4 heteroatoms. The van der Waals surface area contributed by atoms with Crippen LogP contribution in [0.15, 0.2) is 96.6 Å². The second-order valence-corrected chi connectivity index (χ2v) is 11.5. The van der Waals surface area contributed by atoms with E-state index in [1.165, 1.54) is 56.2 Å². The minimum Gasteiger partial charge on any atom is -0.378 e. The molecule has 0 atom stereocenters. The molecular weight excluding hydrogens is 560 g/mol. The molecule has 0 N–H and O–H groups in total. The average Bonchev–Trinajstić information content (AvgIpc) is 3.24. The molecule has 0 aromatic heterocycles. The van der Waals surface area contributed by atoms with Crippen LogP contribution in [0, 0.1) is 0 Å². The highest BCUT2D eigenvalue weighted by atomic mass is 15.1. The predicted molar refractivity (Wildman–Crippen MR) is 207 cm³/mol. The number of hydrogen-bond donors (Lipinski definition) is 0. The summed E-state index contributed by atoms with van der Waals surface area (Å²) in [6, 6.07) is 25.1. The van der Waals surface area contributed by atoms with E-state index >= 15 is 0 Å². The molecule has 0 saturated carbocycles. The van der Waals surface area contributed by atoms with Gasteiger partial charge in [0.15, 0.2) is 5.71 Å². The molecule has 2 aliphatic rings. The van der Waals surface area contributed by atoms with Crippen LogP contribution in [0.5, 0.6) is 0 Å². The van der Waals surface area contributed by atoms with Gasteiger partial charge in [0.05, 0.1) is 0 Å². The Hall–Kier alpha value is -3.89. The second-order valence-electron chi connectivity index (χ2n) is 11.5. The molecule has 3 aromatic carbocycles. The van der Waals surface area contributed by atoms with Gasteiger partial charge in [0, 0.05) is 49.9 Å². The molecule has 1 heterocycles. The van der Waals surface area contributed by atoms with E-state index in [0.717, 1.165) is 32.4 Å². The minimum absolute atomic E-state index is 0.996. The van der Waals surface area contributed by atoms with E-state index in [9.17, 15) is 0 Å². The van der Waals surface area contributed by atoms with E-state index in [-0.39, 0.29) is 0 Å². The minimum atomic E-state index is 0.996. The molecule has 0 saturated heterocycles. The number of anilines is 3. The molecule has 1 aliphatic carbocycles. The molecule has 0 spiro atoms. The fourth-order valence-electron chi connectivity index (χ4n) is 5.71. The zero-order chi connectivity index (χ0) is 34.2. The maximum absolute atomic E-state index is 2.58. The summed E-state index contributed by atoms with van der Waals surface area (Å²) in [6.07, 6.45) is 12.2. The van der Waals surface area contributed by atoms with E-state index in [4.69, 9.17) is 0 Å². The Balaban J connectivity index is 0.00000116. The molecule has 0 fully saturated rings. The van der Waals surface area contributed by atoms with Crippen LogP contribution in [0.3, 0.4) is 0 Å². The van der Waals surface area contributed by atoms with Crippen LogP contribution in [0.1, 0.15) is 70.2 Å². The largest absolute Gasteiger partial charge is 0.378 e. The van der Waals surface area contributed by atoms with Gasteiger partial charge >= 0.3 is 0 Å². The van der Waals surface area contributed by atoms with Crippen molar-refractivity contribution in [2.45, 2.75) is 60.8 Å².